The van der Waals surface area contributed by atoms with Gasteiger partial charge in [-0.25, -0.2) is 9.18 Å². The number of hydrogen-bond acceptors (Lipinski definition) is 5. The van der Waals surface area contributed by atoms with Crippen molar-refractivity contribution in [3.05, 3.63) is 61.0 Å². The summed E-state index contributed by atoms with van der Waals surface area (Å²) in [6.45, 7) is 1.20. The molecule has 0 bridgehead atoms. The molecule has 162 valence electrons. The molecule has 0 radical (unpaired) electrons. The first-order valence-electron chi connectivity index (χ1n) is 9.91. The van der Waals surface area contributed by atoms with E-state index in [4.69, 9.17) is 17.3 Å². The Morgan fingerprint density at radius 1 is 1.26 bits per heavy atom. The fraction of sp³-hybridized carbons (Fsp3) is 0.381. The first kappa shape index (κ1) is 21.2. The van der Waals surface area contributed by atoms with Gasteiger partial charge in [0.2, 0.25) is 0 Å². The molecule has 10 heteroatoms. The van der Waals surface area contributed by atoms with Gasteiger partial charge in [0.25, 0.3) is 5.56 Å². The summed E-state index contributed by atoms with van der Waals surface area (Å²) in [4.78, 5) is 27.7. The van der Waals surface area contributed by atoms with Crippen LogP contribution in [0.1, 0.15) is 24.0 Å². The van der Waals surface area contributed by atoms with E-state index in [0.29, 0.717) is 29.5 Å². The second-order valence-corrected chi connectivity index (χ2v) is 8.29. The van der Waals surface area contributed by atoms with Crippen molar-refractivity contribution in [3.8, 4) is 6.07 Å². The number of nitriles is 1. The van der Waals surface area contributed by atoms with Crippen molar-refractivity contribution < 1.29 is 4.39 Å². The minimum absolute atomic E-state index is 0.0588. The Morgan fingerprint density at radius 3 is 2.68 bits per heavy atom. The Balaban J connectivity index is 2.10. The minimum atomic E-state index is -0.533. The minimum Gasteiger partial charge on any atom is -0.355 e. The van der Waals surface area contributed by atoms with Crippen LogP contribution in [0.4, 0.5) is 10.2 Å². The molecule has 0 saturated carbocycles. The Hall–Kier alpha value is -3.09. The lowest BCUT2D eigenvalue weighted by Gasteiger charge is -2.33. The molecule has 31 heavy (non-hydrogen) atoms. The first-order valence-corrected chi connectivity index (χ1v) is 10.3. The second-order valence-electron chi connectivity index (χ2n) is 7.88. The van der Waals surface area contributed by atoms with Crippen molar-refractivity contribution >= 4 is 28.5 Å². The molecule has 1 aliphatic heterocycles. The summed E-state index contributed by atoms with van der Waals surface area (Å²) in [5, 5.41) is 10.4. The van der Waals surface area contributed by atoms with Gasteiger partial charge in [0.05, 0.1) is 12.1 Å². The summed E-state index contributed by atoms with van der Waals surface area (Å²) in [5.41, 5.74) is 6.23. The largest absolute Gasteiger partial charge is 0.355 e. The highest BCUT2D eigenvalue weighted by Gasteiger charge is 2.29. The molecule has 1 atom stereocenters. The average Bonchev–Trinajstić information content (AvgIpc) is 3.07. The zero-order valence-electron chi connectivity index (χ0n) is 17.2. The summed E-state index contributed by atoms with van der Waals surface area (Å²) in [6, 6.07) is 6.11. The normalized spacial score (nSPS) is 16.6. The summed E-state index contributed by atoms with van der Waals surface area (Å²) in [7, 11) is 2.91. The molecule has 3 aromatic rings. The third-order valence-electron chi connectivity index (χ3n) is 5.83. The van der Waals surface area contributed by atoms with E-state index >= 15 is 0 Å². The van der Waals surface area contributed by atoms with E-state index in [1.165, 1.54) is 36.9 Å². The molecule has 0 spiro atoms. The van der Waals surface area contributed by atoms with Crippen molar-refractivity contribution in [1.29, 1.82) is 5.26 Å². The van der Waals surface area contributed by atoms with Gasteiger partial charge in [-0.05, 0) is 36.6 Å². The standard InChI is InChI=1S/C21H22ClFN6O2/c1-26-17-15(9-24)19(28-7-3-4-14(25)11-28)29(18(17)20(30)27(2)21(26)31)10-12-8-13(23)5-6-16(12)22/h5-6,8,14H,3-4,7,10-11,25H2,1-2H3/t14-/m0/s1. The predicted octanol–water partition coefficient (Wildman–Crippen LogP) is 1.68. The van der Waals surface area contributed by atoms with Crippen LogP contribution in [0.25, 0.3) is 11.0 Å². The molecule has 2 N–H and O–H groups in total. The van der Waals surface area contributed by atoms with Crippen LogP contribution in [0.2, 0.25) is 5.02 Å². The maximum absolute atomic E-state index is 13.9. The van der Waals surface area contributed by atoms with Crippen LogP contribution < -0.4 is 21.9 Å². The molecule has 1 saturated heterocycles. The summed E-state index contributed by atoms with van der Waals surface area (Å²) < 4.78 is 17.9. The third-order valence-corrected chi connectivity index (χ3v) is 6.20. The number of aromatic nitrogens is 3. The van der Waals surface area contributed by atoms with Crippen molar-refractivity contribution in [3.63, 3.8) is 0 Å². The van der Waals surface area contributed by atoms with Crippen LogP contribution in [0.5, 0.6) is 0 Å². The van der Waals surface area contributed by atoms with Gasteiger partial charge in [0.15, 0.2) is 0 Å². The number of nitrogens with two attached hydrogens (primary N) is 1. The Bertz CT molecular complexity index is 1350. The average molecular weight is 445 g/mol. The number of aryl methyl sites for hydroxylation is 1. The van der Waals surface area contributed by atoms with Crippen LogP contribution >= 0.6 is 11.6 Å². The van der Waals surface area contributed by atoms with Gasteiger partial charge in [-0.2, -0.15) is 5.26 Å². The van der Waals surface area contributed by atoms with Gasteiger partial charge in [0.1, 0.15) is 28.8 Å². The van der Waals surface area contributed by atoms with E-state index in [9.17, 15) is 19.2 Å². The topological polar surface area (TPSA) is 102 Å². The quantitative estimate of drug-likeness (QED) is 0.662. The predicted molar refractivity (Wildman–Crippen MR) is 117 cm³/mol. The number of nitrogens with zero attached hydrogens (tertiary/aromatic N) is 5. The number of hydrogen-bond donors (Lipinski definition) is 1. The van der Waals surface area contributed by atoms with Crippen LogP contribution in [0.15, 0.2) is 27.8 Å². The van der Waals surface area contributed by atoms with E-state index in [0.717, 1.165) is 17.4 Å². The molecule has 8 nitrogen and oxygen atoms in total. The lowest BCUT2D eigenvalue weighted by atomic mass is 10.1. The van der Waals surface area contributed by atoms with Crippen molar-refractivity contribution in [1.82, 2.24) is 13.7 Å². The molecular weight excluding hydrogens is 423 g/mol. The second kappa shape index (κ2) is 7.87. The van der Waals surface area contributed by atoms with Crippen molar-refractivity contribution in [2.24, 2.45) is 19.8 Å². The lowest BCUT2D eigenvalue weighted by Crippen LogP contribution is -2.44. The third kappa shape index (κ3) is 3.42. The molecule has 1 aromatic carbocycles. The van der Waals surface area contributed by atoms with Crippen molar-refractivity contribution in [2.45, 2.75) is 25.4 Å². The maximum Gasteiger partial charge on any atom is 0.331 e. The molecule has 4 rings (SSSR count). The Kier molecular flexibility index (Phi) is 5.37. The molecule has 1 aliphatic rings. The zero-order valence-corrected chi connectivity index (χ0v) is 18.0. The number of halogens is 2. The summed E-state index contributed by atoms with van der Waals surface area (Å²) in [6.07, 6.45) is 1.68. The molecule has 0 amide bonds. The molecule has 2 aromatic heterocycles. The highest BCUT2D eigenvalue weighted by Crippen LogP contribution is 2.33. The monoisotopic (exact) mass is 444 g/mol. The Morgan fingerprint density at radius 2 is 2.00 bits per heavy atom. The highest BCUT2D eigenvalue weighted by molar-refractivity contribution is 6.31. The number of piperidine rings is 1. The summed E-state index contributed by atoms with van der Waals surface area (Å²) in [5.74, 6) is 0.0319. The Labute approximate surface area is 182 Å². The van der Waals surface area contributed by atoms with Gasteiger partial charge < -0.3 is 15.2 Å². The highest BCUT2D eigenvalue weighted by atomic mass is 35.5. The van der Waals surface area contributed by atoms with E-state index in [2.05, 4.69) is 6.07 Å². The van der Waals surface area contributed by atoms with E-state index in [1.807, 2.05) is 4.90 Å². The smallest absolute Gasteiger partial charge is 0.331 e. The van der Waals surface area contributed by atoms with E-state index in [1.54, 1.807) is 4.57 Å². The molecule has 3 heterocycles. The van der Waals surface area contributed by atoms with Crippen LogP contribution in [0.3, 0.4) is 0 Å². The SMILES string of the molecule is Cn1c(=O)c2c(c(C#N)c(N3CCC[C@H](N)C3)n2Cc2cc(F)ccc2Cl)n(C)c1=O. The number of benzene rings is 1. The molecule has 0 aliphatic carbocycles. The van der Waals surface area contributed by atoms with Gasteiger partial charge in [-0.1, -0.05) is 11.6 Å². The maximum atomic E-state index is 13.9. The van der Waals surface area contributed by atoms with Gasteiger partial charge >= 0.3 is 5.69 Å². The molecule has 0 unspecified atom stereocenters. The number of fused-ring (bicyclic) bond motifs is 1. The van der Waals surface area contributed by atoms with Gasteiger partial charge in [0, 0.05) is 38.2 Å². The van der Waals surface area contributed by atoms with Crippen LogP contribution in [0, 0.1) is 17.1 Å². The zero-order chi connectivity index (χ0) is 22.4. The van der Waals surface area contributed by atoms with E-state index < -0.39 is 17.1 Å². The number of rotatable bonds is 3. The molecule has 1 fully saturated rings. The van der Waals surface area contributed by atoms with Gasteiger partial charge in [-0.15, -0.1) is 0 Å². The first-order chi connectivity index (χ1) is 14.7. The lowest BCUT2D eigenvalue weighted by molar-refractivity contribution is 0.498. The van der Waals surface area contributed by atoms with Crippen LogP contribution in [-0.4, -0.2) is 32.8 Å². The van der Waals surface area contributed by atoms with Crippen molar-refractivity contribution in [2.75, 3.05) is 18.0 Å². The van der Waals surface area contributed by atoms with Crippen LogP contribution in [-0.2, 0) is 20.6 Å². The summed E-state index contributed by atoms with van der Waals surface area (Å²) >= 11 is 6.31. The van der Waals surface area contributed by atoms with Gasteiger partial charge in [-0.3, -0.25) is 13.9 Å². The molecular formula is C21H22ClFN6O2. The number of anilines is 1. The fourth-order valence-electron chi connectivity index (χ4n) is 4.33. The fourth-order valence-corrected chi connectivity index (χ4v) is 4.50. The van der Waals surface area contributed by atoms with E-state index in [-0.39, 0.29) is 29.2 Å².